The second-order valence-corrected chi connectivity index (χ2v) is 8.54. The topological polar surface area (TPSA) is 47.6 Å². The molecule has 1 aliphatic heterocycles. The molecule has 0 bridgehead atoms. The van der Waals surface area contributed by atoms with Crippen LogP contribution in [0.5, 0.6) is 0 Å². The zero-order valence-electron chi connectivity index (χ0n) is 15.5. The molecule has 0 radical (unpaired) electrons. The van der Waals surface area contributed by atoms with Crippen LogP contribution in [0.3, 0.4) is 0 Å². The zero-order valence-corrected chi connectivity index (χ0v) is 16.3. The van der Waals surface area contributed by atoms with E-state index in [9.17, 15) is 4.79 Å². The van der Waals surface area contributed by atoms with Gasteiger partial charge >= 0.3 is 7.12 Å². The average molecular weight is 364 g/mol. The van der Waals surface area contributed by atoms with Gasteiger partial charge in [-0.05, 0) is 58.1 Å². The van der Waals surface area contributed by atoms with Crippen LogP contribution in [0.4, 0.5) is 0 Å². The van der Waals surface area contributed by atoms with E-state index < -0.39 is 18.3 Å². The molecule has 1 heterocycles. The molecule has 136 valence electrons. The molecule has 2 fully saturated rings. The number of carbonyl (C=O) groups excluding carboxylic acids is 1. The maximum atomic E-state index is 12.7. The van der Waals surface area contributed by atoms with Crippen molar-refractivity contribution in [1.82, 2.24) is 5.32 Å². The number of benzene rings is 1. The Balaban J connectivity index is 1.78. The molecule has 1 amide bonds. The zero-order chi connectivity index (χ0) is 18.2. The van der Waals surface area contributed by atoms with Gasteiger partial charge in [-0.2, -0.15) is 0 Å². The highest BCUT2D eigenvalue weighted by molar-refractivity contribution is 6.62. The summed E-state index contributed by atoms with van der Waals surface area (Å²) in [5.74, 6) is -0.115. The molecule has 0 spiro atoms. The summed E-state index contributed by atoms with van der Waals surface area (Å²) in [6.45, 7) is 8.05. The summed E-state index contributed by atoms with van der Waals surface area (Å²) in [6, 6.07) is 5.65. The third kappa shape index (κ3) is 3.89. The van der Waals surface area contributed by atoms with E-state index in [1.165, 1.54) is 19.3 Å². The molecule has 4 nitrogen and oxygen atoms in total. The number of carbonyl (C=O) groups is 1. The lowest BCUT2D eigenvalue weighted by Crippen LogP contribution is -2.41. The summed E-state index contributed by atoms with van der Waals surface area (Å²) in [4.78, 5) is 12.7. The maximum Gasteiger partial charge on any atom is 0.494 e. The monoisotopic (exact) mass is 363 g/mol. The summed E-state index contributed by atoms with van der Waals surface area (Å²) >= 11 is 6.29. The van der Waals surface area contributed by atoms with Crippen molar-refractivity contribution in [3.63, 3.8) is 0 Å². The Hall–Kier alpha value is -1.04. The van der Waals surface area contributed by atoms with Crippen LogP contribution in [0.15, 0.2) is 18.2 Å². The van der Waals surface area contributed by atoms with E-state index in [-0.39, 0.29) is 11.9 Å². The number of hydrogen-bond acceptors (Lipinski definition) is 3. The summed E-state index contributed by atoms with van der Waals surface area (Å²) in [6.07, 6.45) is 5.68. The quantitative estimate of drug-likeness (QED) is 0.833. The molecule has 1 aromatic carbocycles. The lowest BCUT2D eigenvalue weighted by Gasteiger charge is -2.32. The maximum absolute atomic E-state index is 12.7. The fourth-order valence-electron chi connectivity index (χ4n) is 3.35. The van der Waals surface area contributed by atoms with Gasteiger partial charge in [0.05, 0.1) is 21.8 Å². The van der Waals surface area contributed by atoms with E-state index in [1.807, 2.05) is 33.8 Å². The number of halogens is 1. The third-order valence-corrected chi connectivity index (χ3v) is 6.03. The van der Waals surface area contributed by atoms with Gasteiger partial charge in [0.1, 0.15) is 0 Å². The summed E-state index contributed by atoms with van der Waals surface area (Å²) in [5, 5.41) is 3.57. The van der Waals surface area contributed by atoms with Gasteiger partial charge in [0.15, 0.2) is 0 Å². The first-order chi connectivity index (χ1) is 11.7. The van der Waals surface area contributed by atoms with Gasteiger partial charge in [0.2, 0.25) is 0 Å². The lowest BCUT2D eigenvalue weighted by molar-refractivity contribution is 0.00578. The van der Waals surface area contributed by atoms with Gasteiger partial charge < -0.3 is 14.6 Å². The Bertz CT molecular complexity index is 640. The molecule has 1 N–H and O–H groups in total. The summed E-state index contributed by atoms with van der Waals surface area (Å²) < 4.78 is 12.2. The first-order valence-corrected chi connectivity index (χ1v) is 9.53. The fraction of sp³-hybridized carbons (Fsp3) is 0.632. The second kappa shape index (κ2) is 6.94. The van der Waals surface area contributed by atoms with Gasteiger partial charge in [0, 0.05) is 6.04 Å². The molecule has 3 rings (SSSR count). The molecule has 1 aromatic rings. The van der Waals surface area contributed by atoms with Crippen molar-refractivity contribution < 1.29 is 14.1 Å². The Morgan fingerprint density at radius 3 is 2.32 bits per heavy atom. The first kappa shape index (κ1) is 18.7. The van der Waals surface area contributed by atoms with Crippen LogP contribution >= 0.6 is 11.6 Å². The fourth-order valence-corrected chi connectivity index (χ4v) is 3.56. The molecule has 6 heteroatoms. The van der Waals surface area contributed by atoms with Crippen molar-refractivity contribution in [2.75, 3.05) is 0 Å². The molecule has 1 saturated heterocycles. The van der Waals surface area contributed by atoms with Crippen LogP contribution in [-0.2, 0) is 9.31 Å². The average Bonchev–Trinajstić information content (AvgIpc) is 2.76. The van der Waals surface area contributed by atoms with Crippen molar-refractivity contribution in [3.8, 4) is 0 Å². The molecule has 1 saturated carbocycles. The Labute approximate surface area is 155 Å². The number of amides is 1. The van der Waals surface area contributed by atoms with E-state index in [2.05, 4.69) is 5.32 Å². The van der Waals surface area contributed by atoms with E-state index in [0.717, 1.165) is 18.3 Å². The summed E-state index contributed by atoms with van der Waals surface area (Å²) in [7, 11) is -0.497. The highest BCUT2D eigenvalue weighted by atomic mass is 35.5. The SMILES string of the molecule is CC1(C)OB(c2ccc(Cl)c(C(=O)NC3CCCCC3)c2)OC1(C)C. The van der Waals surface area contributed by atoms with Crippen molar-refractivity contribution in [2.24, 2.45) is 0 Å². The molecule has 0 unspecified atom stereocenters. The van der Waals surface area contributed by atoms with E-state index in [1.54, 1.807) is 12.1 Å². The lowest BCUT2D eigenvalue weighted by atomic mass is 9.78. The van der Waals surface area contributed by atoms with E-state index >= 15 is 0 Å². The van der Waals surface area contributed by atoms with Crippen molar-refractivity contribution in [2.45, 2.75) is 77.0 Å². The minimum Gasteiger partial charge on any atom is -0.399 e. The highest BCUT2D eigenvalue weighted by Gasteiger charge is 2.51. The number of nitrogens with one attached hydrogen (secondary N) is 1. The van der Waals surface area contributed by atoms with Crippen LogP contribution in [0.25, 0.3) is 0 Å². The van der Waals surface area contributed by atoms with Crippen molar-refractivity contribution in [3.05, 3.63) is 28.8 Å². The smallest absolute Gasteiger partial charge is 0.399 e. The predicted molar refractivity (Wildman–Crippen MR) is 102 cm³/mol. The molecule has 1 aliphatic carbocycles. The van der Waals surface area contributed by atoms with E-state index in [4.69, 9.17) is 20.9 Å². The Morgan fingerprint density at radius 1 is 1.12 bits per heavy atom. The predicted octanol–water partition coefficient (Wildman–Crippen LogP) is 3.70. The molecule has 0 aromatic heterocycles. The second-order valence-electron chi connectivity index (χ2n) is 8.14. The molecule has 0 atom stereocenters. The molecular weight excluding hydrogens is 336 g/mol. The van der Waals surface area contributed by atoms with Crippen LogP contribution < -0.4 is 10.8 Å². The Morgan fingerprint density at radius 2 is 1.72 bits per heavy atom. The van der Waals surface area contributed by atoms with E-state index in [0.29, 0.717) is 10.6 Å². The minimum atomic E-state index is -0.497. The van der Waals surface area contributed by atoms with Crippen LogP contribution in [0.1, 0.15) is 70.2 Å². The van der Waals surface area contributed by atoms with Gasteiger partial charge in [-0.1, -0.05) is 36.9 Å². The van der Waals surface area contributed by atoms with Gasteiger partial charge in [-0.3, -0.25) is 4.79 Å². The first-order valence-electron chi connectivity index (χ1n) is 9.15. The third-order valence-electron chi connectivity index (χ3n) is 5.70. The number of hydrogen-bond donors (Lipinski definition) is 1. The summed E-state index contributed by atoms with van der Waals surface area (Å²) in [5.41, 5.74) is 0.472. The standard InChI is InChI=1S/C19H27BClNO3/c1-18(2)19(3,4)25-20(24-18)13-10-11-16(21)15(12-13)17(23)22-14-8-6-5-7-9-14/h10-12,14H,5-9H2,1-4H3,(H,22,23). The largest absolute Gasteiger partial charge is 0.494 e. The highest BCUT2D eigenvalue weighted by Crippen LogP contribution is 2.36. The molecule has 2 aliphatic rings. The Kier molecular flexibility index (Phi) is 5.20. The number of rotatable bonds is 3. The van der Waals surface area contributed by atoms with Crippen LogP contribution in [0.2, 0.25) is 5.02 Å². The molecule has 25 heavy (non-hydrogen) atoms. The van der Waals surface area contributed by atoms with Gasteiger partial charge in [-0.15, -0.1) is 0 Å². The van der Waals surface area contributed by atoms with Crippen LogP contribution in [-0.4, -0.2) is 30.3 Å². The minimum absolute atomic E-state index is 0.115. The van der Waals surface area contributed by atoms with Gasteiger partial charge in [-0.25, -0.2) is 0 Å². The van der Waals surface area contributed by atoms with Crippen molar-refractivity contribution >= 4 is 30.1 Å². The molecular formula is C19H27BClNO3. The van der Waals surface area contributed by atoms with Gasteiger partial charge in [0.25, 0.3) is 5.91 Å². The van der Waals surface area contributed by atoms with Crippen LogP contribution in [0, 0.1) is 0 Å². The normalized spacial score (nSPS) is 22.8. The van der Waals surface area contributed by atoms with Crippen molar-refractivity contribution in [1.29, 1.82) is 0 Å².